The summed E-state index contributed by atoms with van der Waals surface area (Å²) in [6.45, 7) is 8.37. The summed E-state index contributed by atoms with van der Waals surface area (Å²) in [5.41, 5.74) is 2.94. The van der Waals surface area contributed by atoms with Gasteiger partial charge in [-0.3, -0.25) is 0 Å². The third kappa shape index (κ3) is 4.08. The lowest BCUT2D eigenvalue weighted by Crippen LogP contribution is -2.24. The molecule has 0 atom stereocenters. The van der Waals surface area contributed by atoms with Crippen molar-refractivity contribution in [2.75, 3.05) is 23.5 Å². The van der Waals surface area contributed by atoms with E-state index in [9.17, 15) is 4.48 Å². The summed E-state index contributed by atoms with van der Waals surface area (Å²) < 4.78 is 12.5. The highest BCUT2D eigenvalue weighted by molar-refractivity contribution is 6.33. The molecule has 0 aliphatic heterocycles. The standard InChI is InChI=1S/C13H20ClFN2/c1-4-17(8-7-10(2)3)11-5-6-12(14)13(9-11)16-15/h5-6,9-10,16H,4,7-8H2,1-3H3. The lowest BCUT2D eigenvalue weighted by molar-refractivity contribution is 0.576. The quantitative estimate of drug-likeness (QED) is 0.756. The maximum Gasteiger partial charge on any atom is 0.0862 e. The van der Waals surface area contributed by atoms with Gasteiger partial charge in [0.15, 0.2) is 0 Å². The van der Waals surface area contributed by atoms with Gasteiger partial charge in [0.25, 0.3) is 0 Å². The fourth-order valence-corrected chi connectivity index (χ4v) is 1.82. The summed E-state index contributed by atoms with van der Waals surface area (Å²) in [7, 11) is 0. The van der Waals surface area contributed by atoms with E-state index in [4.69, 9.17) is 11.6 Å². The largest absolute Gasteiger partial charge is 0.372 e. The van der Waals surface area contributed by atoms with Crippen molar-refractivity contribution in [2.24, 2.45) is 5.92 Å². The van der Waals surface area contributed by atoms with Crippen LogP contribution in [0.2, 0.25) is 5.02 Å². The highest BCUT2D eigenvalue weighted by Crippen LogP contribution is 2.28. The summed E-state index contributed by atoms with van der Waals surface area (Å²) >= 11 is 5.85. The molecule has 1 aromatic carbocycles. The second-order valence-corrected chi connectivity index (χ2v) is 4.93. The summed E-state index contributed by atoms with van der Waals surface area (Å²) in [6.07, 6.45) is 1.12. The minimum Gasteiger partial charge on any atom is -0.372 e. The van der Waals surface area contributed by atoms with Gasteiger partial charge < -0.3 is 4.90 Å². The third-order valence-corrected chi connectivity index (χ3v) is 3.10. The van der Waals surface area contributed by atoms with E-state index >= 15 is 0 Å². The van der Waals surface area contributed by atoms with Crippen molar-refractivity contribution in [2.45, 2.75) is 27.2 Å². The van der Waals surface area contributed by atoms with E-state index in [1.54, 1.807) is 17.7 Å². The maximum absolute atomic E-state index is 12.5. The Morgan fingerprint density at radius 1 is 1.41 bits per heavy atom. The fraction of sp³-hybridized carbons (Fsp3) is 0.538. The Labute approximate surface area is 108 Å². The van der Waals surface area contributed by atoms with Crippen molar-refractivity contribution >= 4 is 23.0 Å². The number of nitrogens with zero attached hydrogens (tertiary/aromatic N) is 1. The van der Waals surface area contributed by atoms with Crippen molar-refractivity contribution in [3.8, 4) is 0 Å². The van der Waals surface area contributed by atoms with Crippen LogP contribution in [0.1, 0.15) is 27.2 Å². The normalized spacial score (nSPS) is 10.7. The first-order valence-electron chi connectivity index (χ1n) is 5.99. The van der Waals surface area contributed by atoms with Gasteiger partial charge in [-0.15, -0.1) is 4.48 Å². The van der Waals surface area contributed by atoms with Gasteiger partial charge >= 0.3 is 0 Å². The number of rotatable bonds is 6. The van der Waals surface area contributed by atoms with E-state index in [0.29, 0.717) is 16.6 Å². The molecule has 0 amide bonds. The molecule has 0 unspecified atom stereocenters. The van der Waals surface area contributed by atoms with Crippen LogP contribution in [0.3, 0.4) is 0 Å². The molecule has 1 aromatic rings. The Hall–Kier alpha value is -0.960. The van der Waals surface area contributed by atoms with Gasteiger partial charge in [-0.25, -0.2) is 5.54 Å². The summed E-state index contributed by atoms with van der Waals surface area (Å²) in [6, 6.07) is 5.38. The van der Waals surface area contributed by atoms with Gasteiger partial charge in [-0.2, -0.15) is 0 Å². The first-order chi connectivity index (χ1) is 8.08. The highest BCUT2D eigenvalue weighted by atomic mass is 35.5. The lowest BCUT2D eigenvalue weighted by Gasteiger charge is -2.24. The van der Waals surface area contributed by atoms with E-state index < -0.39 is 0 Å². The van der Waals surface area contributed by atoms with Crippen molar-refractivity contribution in [1.29, 1.82) is 0 Å². The molecule has 0 aliphatic rings. The zero-order valence-electron chi connectivity index (χ0n) is 10.6. The van der Waals surface area contributed by atoms with Crippen LogP contribution < -0.4 is 10.4 Å². The first kappa shape index (κ1) is 14.1. The molecule has 0 heterocycles. The molecule has 0 saturated carbocycles. The molecule has 0 radical (unpaired) electrons. The van der Waals surface area contributed by atoms with Crippen molar-refractivity contribution in [1.82, 2.24) is 0 Å². The Bertz CT molecular complexity index is 355. The van der Waals surface area contributed by atoms with E-state index in [0.717, 1.165) is 25.2 Å². The number of anilines is 2. The Balaban J connectivity index is 2.80. The van der Waals surface area contributed by atoms with Gasteiger partial charge in [0.2, 0.25) is 0 Å². The van der Waals surface area contributed by atoms with Crippen molar-refractivity contribution in [3.63, 3.8) is 0 Å². The van der Waals surface area contributed by atoms with E-state index in [1.807, 2.05) is 6.07 Å². The molecule has 1 rings (SSSR count). The molecule has 1 N–H and O–H groups in total. The SMILES string of the molecule is CCN(CCC(C)C)c1ccc(Cl)c(NF)c1. The van der Waals surface area contributed by atoms with Crippen molar-refractivity contribution in [3.05, 3.63) is 23.2 Å². The van der Waals surface area contributed by atoms with Gasteiger partial charge in [0.1, 0.15) is 0 Å². The van der Waals surface area contributed by atoms with Crippen LogP contribution in [0.5, 0.6) is 0 Å². The highest BCUT2D eigenvalue weighted by Gasteiger charge is 2.08. The molecule has 0 aliphatic carbocycles. The minimum atomic E-state index is 0.326. The molecule has 0 spiro atoms. The van der Waals surface area contributed by atoms with Crippen LogP contribution in [0, 0.1) is 5.92 Å². The van der Waals surface area contributed by atoms with Crippen LogP contribution in [0.4, 0.5) is 15.9 Å². The average molecular weight is 259 g/mol. The second kappa shape index (κ2) is 6.70. The lowest BCUT2D eigenvalue weighted by atomic mass is 10.1. The van der Waals surface area contributed by atoms with E-state index in [1.165, 1.54) is 0 Å². The smallest absolute Gasteiger partial charge is 0.0862 e. The van der Waals surface area contributed by atoms with Gasteiger partial charge in [-0.1, -0.05) is 25.4 Å². The number of hydrogen-bond acceptors (Lipinski definition) is 2. The Morgan fingerprint density at radius 2 is 2.12 bits per heavy atom. The van der Waals surface area contributed by atoms with E-state index in [-0.39, 0.29) is 0 Å². The molecule has 96 valence electrons. The predicted molar refractivity (Wildman–Crippen MR) is 73.5 cm³/mol. The second-order valence-electron chi connectivity index (χ2n) is 4.52. The Morgan fingerprint density at radius 3 is 2.65 bits per heavy atom. The fourth-order valence-electron chi connectivity index (χ4n) is 1.67. The average Bonchev–Trinajstić information content (AvgIpc) is 2.31. The number of hydrogen-bond donors (Lipinski definition) is 1. The topological polar surface area (TPSA) is 15.3 Å². The minimum absolute atomic E-state index is 0.326. The molecule has 17 heavy (non-hydrogen) atoms. The molecule has 2 nitrogen and oxygen atoms in total. The number of benzene rings is 1. The predicted octanol–water partition coefficient (Wildman–Crippen LogP) is 4.51. The first-order valence-corrected chi connectivity index (χ1v) is 6.37. The molecule has 0 bridgehead atoms. The Kier molecular flexibility index (Phi) is 5.56. The monoisotopic (exact) mass is 258 g/mol. The van der Waals surface area contributed by atoms with Crippen LogP contribution in [-0.4, -0.2) is 13.1 Å². The number of halogens is 2. The summed E-state index contributed by atoms with van der Waals surface area (Å²) in [5.74, 6) is 0.662. The van der Waals surface area contributed by atoms with Crippen LogP contribution >= 0.6 is 11.6 Å². The summed E-state index contributed by atoms with van der Waals surface area (Å²) in [5, 5.41) is 0.399. The van der Waals surface area contributed by atoms with Crippen LogP contribution in [0.15, 0.2) is 18.2 Å². The molecule has 0 saturated heterocycles. The number of nitrogens with one attached hydrogen (secondary N) is 1. The van der Waals surface area contributed by atoms with Gasteiger partial charge in [-0.05, 0) is 37.5 Å². The zero-order valence-corrected chi connectivity index (χ0v) is 11.4. The van der Waals surface area contributed by atoms with Crippen LogP contribution in [-0.2, 0) is 0 Å². The van der Waals surface area contributed by atoms with Gasteiger partial charge in [0.05, 0.1) is 10.7 Å². The van der Waals surface area contributed by atoms with E-state index in [2.05, 4.69) is 25.7 Å². The zero-order chi connectivity index (χ0) is 12.8. The van der Waals surface area contributed by atoms with Crippen LogP contribution in [0.25, 0.3) is 0 Å². The molecule has 4 heteroatoms. The molecular weight excluding hydrogens is 239 g/mol. The third-order valence-electron chi connectivity index (χ3n) is 2.77. The molecule has 0 aromatic heterocycles. The maximum atomic E-state index is 12.5. The molecular formula is C13H20ClFN2. The molecule has 0 fully saturated rings. The van der Waals surface area contributed by atoms with Gasteiger partial charge in [0, 0.05) is 18.8 Å². The van der Waals surface area contributed by atoms with Crippen molar-refractivity contribution < 1.29 is 4.48 Å². The summed E-state index contributed by atoms with van der Waals surface area (Å²) in [4.78, 5) is 2.22.